The van der Waals surface area contributed by atoms with E-state index in [0.29, 0.717) is 30.0 Å². The fourth-order valence-corrected chi connectivity index (χ4v) is 3.61. The van der Waals surface area contributed by atoms with Gasteiger partial charge in [-0.1, -0.05) is 61.0 Å². The lowest BCUT2D eigenvalue weighted by molar-refractivity contribution is 0.0516. The molecule has 2 aromatic carbocycles. The number of aromatic nitrogens is 1. The number of aryl methyl sites for hydroxylation is 1. The van der Waals surface area contributed by atoms with Crippen LogP contribution in [0.1, 0.15) is 35.6 Å². The van der Waals surface area contributed by atoms with Gasteiger partial charge < -0.3 is 9.30 Å². The fourth-order valence-electron chi connectivity index (χ4n) is 3.61. The monoisotopic (exact) mass is 372 g/mol. The molecule has 0 aliphatic carbocycles. The van der Waals surface area contributed by atoms with Gasteiger partial charge in [0.25, 0.3) is 0 Å². The molecule has 0 radical (unpaired) electrons. The number of rotatable bonds is 5. The van der Waals surface area contributed by atoms with Gasteiger partial charge in [-0.2, -0.15) is 0 Å². The number of nitrogens with zero attached hydrogens (tertiary/aromatic N) is 2. The predicted molar refractivity (Wildman–Crippen MR) is 113 cm³/mol. The predicted octanol–water partition coefficient (Wildman–Crippen LogP) is 5.96. The minimum atomic E-state index is -0.396. The largest absolute Gasteiger partial charge is 0.461 e. The van der Waals surface area contributed by atoms with Gasteiger partial charge in [-0.15, -0.1) is 0 Å². The van der Waals surface area contributed by atoms with E-state index in [4.69, 9.17) is 11.3 Å². The standard InChI is InChI=1S/C24H24N2O2/c1-6-20-22(25-4)21(23(26(20)5)24(27)28-7-2)18-13-11-17(12-14-18)19-10-8-9-16(3)15-19/h8-15H,6-7H2,1-3,5H3. The van der Waals surface area contributed by atoms with Crippen LogP contribution in [0.25, 0.3) is 27.1 Å². The van der Waals surface area contributed by atoms with Gasteiger partial charge in [-0.25, -0.2) is 9.64 Å². The maximum atomic E-state index is 12.6. The molecule has 0 atom stereocenters. The lowest BCUT2D eigenvalue weighted by Crippen LogP contribution is -2.12. The van der Waals surface area contributed by atoms with Crippen LogP contribution in [0.5, 0.6) is 0 Å². The van der Waals surface area contributed by atoms with Crippen LogP contribution in [0, 0.1) is 13.5 Å². The van der Waals surface area contributed by atoms with E-state index in [9.17, 15) is 4.79 Å². The molecule has 0 saturated heterocycles. The summed E-state index contributed by atoms with van der Waals surface area (Å²) in [7, 11) is 1.82. The summed E-state index contributed by atoms with van der Waals surface area (Å²) < 4.78 is 7.07. The molecule has 0 spiro atoms. The normalized spacial score (nSPS) is 10.5. The molecule has 0 fully saturated rings. The average molecular weight is 372 g/mol. The van der Waals surface area contributed by atoms with Crippen molar-refractivity contribution >= 4 is 11.7 Å². The van der Waals surface area contributed by atoms with Crippen molar-refractivity contribution in [1.82, 2.24) is 4.57 Å². The molecular formula is C24H24N2O2. The first-order valence-corrected chi connectivity index (χ1v) is 9.45. The first-order valence-electron chi connectivity index (χ1n) is 9.45. The Kier molecular flexibility index (Phi) is 5.65. The molecule has 28 heavy (non-hydrogen) atoms. The van der Waals surface area contributed by atoms with Crippen molar-refractivity contribution in [2.45, 2.75) is 27.2 Å². The molecule has 3 rings (SSSR count). The smallest absolute Gasteiger partial charge is 0.354 e. The fraction of sp³-hybridized carbons (Fsp3) is 0.250. The maximum Gasteiger partial charge on any atom is 0.354 e. The Bertz CT molecular complexity index is 1050. The lowest BCUT2D eigenvalue weighted by Gasteiger charge is -2.10. The Morgan fingerprint density at radius 2 is 1.75 bits per heavy atom. The summed E-state index contributed by atoms with van der Waals surface area (Å²) in [6.07, 6.45) is 0.669. The first-order chi connectivity index (χ1) is 13.5. The van der Waals surface area contributed by atoms with E-state index in [1.165, 1.54) is 5.56 Å². The molecular weight excluding hydrogens is 348 g/mol. The summed E-state index contributed by atoms with van der Waals surface area (Å²) in [4.78, 5) is 16.4. The highest BCUT2D eigenvalue weighted by molar-refractivity contribution is 6.01. The zero-order chi connectivity index (χ0) is 20.3. The molecule has 4 heteroatoms. The van der Waals surface area contributed by atoms with Crippen molar-refractivity contribution in [1.29, 1.82) is 0 Å². The molecule has 0 N–H and O–H groups in total. The third kappa shape index (κ3) is 3.44. The van der Waals surface area contributed by atoms with E-state index >= 15 is 0 Å². The first kappa shape index (κ1) is 19.4. The van der Waals surface area contributed by atoms with Crippen LogP contribution in [-0.2, 0) is 18.2 Å². The second-order valence-corrected chi connectivity index (χ2v) is 6.71. The molecule has 0 saturated carbocycles. The van der Waals surface area contributed by atoms with Crippen molar-refractivity contribution in [3.05, 3.63) is 76.9 Å². The van der Waals surface area contributed by atoms with Gasteiger partial charge in [0.15, 0.2) is 0 Å². The van der Waals surface area contributed by atoms with Gasteiger partial charge in [0.05, 0.1) is 13.2 Å². The van der Waals surface area contributed by atoms with Crippen LogP contribution in [0.4, 0.5) is 5.69 Å². The summed E-state index contributed by atoms with van der Waals surface area (Å²) in [5.74, 6) is -0.396. The number of hydrogen-bond acceptors (Lipinski definition) is 2. The van der Waals surface area contributed by atoms with Gasteiger partial charge >= 0.3 is 5.97 Å². The highest BCUT2D eigenvalue weighted by Crippen LogP contribution is 2.40. The summed E-state index contributed by atoms with van der Waals surface area (Å²) in [6.45, 7) is 13.8. The van der Waals surface area contributed by atoms with Crippen LogP contribution in [0.3, 0.4) is 0 Å². The summed E-state index contributed by atoms with van der Waals surface area (Å²) in [5, 5.41) is 0. The molecule has 0 aliphatic heterocycles. The van der Waals surface area contributed by atoms with E-state index in [-0.39, 0.29) is 0 Å². The highest BCUT2D eigenvalue weighted by Gasteiger charge is 2.26. The number of carbonyl (C=O) groups excluding carboxylic acids is 1. The Morgan fingerprint density at radius 1 is 1.07 bits per heavy atom. The second kappa shape index (κ2) is 8.14. The highest BCUT2D eigenvalue weighted by atomic mass is 16.5. The van der Waals surface area contributed by atoms with Crippen LogP contribution >= 0.6 is 0 Å². The van der Waals surface area contributed by atoms with Gasteiger partial charge in [0.1, 0.15) is 5.69 Å². The molecule has 1 aromatic heterocycles. The molecule has 0 amide bonds. The molecule has 1 heterocycles. The molecule has 142 valence electrons. The molecule has 0 bridgehead atoms. The SMILES string of the molecule is [C-]#[N+]c1c(-c2ccc(-c3cccc(C)c3)cc2)c(C(=O)OCC)n(C)c1CC. The van der Waals surface area contributed by atoms with Gasteiger partial charge in [-0.3, -0.25) is 0 Å². The third-order valence-electron chi connectivity index (χ3n) is 4.93. The summed E-state index contributed by atoms with van der Waals surface area (Å²) >= 11 is 0. The van der Waals surface area contributed by atoms with Gasteiger partial charge in [0.2, 0.25) is 5.69 Å². The van der Waals surface area contributed by atoms with Crippen molar-refractivity contribution in [3.8, 4) is 22.3 Å². The van der Waals surface area contributed by atoms with Gasteiger partial charge in [-0.05, 0) is 37.0 Å². The Hall–Kier alpha value is -3.32. The van der Waals surface area contributed by atoms with Crippen molar-refractivity contribution in [2.24, 2.45) is 7.05 Å². The molecule has 3 aromatic rings. The quantitative estimate of drug-likeness (QED) is 0.409. The minimum Gasteiger partial charge on any atom is -0.461 e. The summed E-state index contributed by atoms with van der Waals surface area (Å²) in [5.41, 5.74) is 6.76. The molecule has 4 nitrogen and oxygen atoms in total. The van der Waals surface area contributed by atoms with E-state index in [1.807, 2.05) is 44.3 Å². The number of ether oxygens (including phenoxy) is 1. The van der Waals surface area contributed by atoms with Gasteiger partial charge in [0, 0.05) is 18.3 Å². The number of benzene rings is 2. The van der Waals surface area contributed by atoms with Crippen molar-refractivity contribution in [3.63, 3.8) is 0 Å². The van der Waals surface area contributed by atoms with Crippen LogP contribution in [-0.4, -0.2) is 17.1 Å². The van der Waals surface area contributed by atoms with E-state index in [0.717, 1.165) is 22.4 Å². The Balaban J connectivity index is 2.15. The van der Waals surface area contributed by atoms with Crippen molar-refractivity contribution in [2.75, 3.05) is 6.61 Å². The lowest BCUT2D eigenvalue weighted by atomic mass is 9.98. The van der Waals surface area contributed by atoms with E-state index in [1.54, 1.807) is 11.5 Å². The van der Waals surface area contributed by atoms with E-state index in [2.05, 4.69) is 30.0 Å². The zero-order valence-corrected chi connectivity index (χ0v) is 16.7. The van der Waals surface area contributed by atoms with Crippen LogP contribution in [0.15, 0.2) is 48.5 Å². The van der Waals surface area contributed by atoms with Crippen LogP contribution < -0.4 is 0 Å². The topological polar surface area (TPSA) is 35.6 Å². The van der Waals surface area contributed by atoms with Crippen LogP contribution in [0.2, 0.25) is 0 Å². The summed E-state index contributed by atoms with van der Waals surface area (Å²) in [6, 6.07) is 16.3. The third-order valence-corrected chi connectivity index (χ3v) is 4.93. The maximum absolute atomic E-state index is 12.6. The van der Waals surface area contributed by atoms with E-state index < -0.39 is 5.97 Å². The molecule has 0 unspecified atom stereocenters. The van der Waals surface area contributed by atoms with Crippen molar-refractivity contribution < 1.29 is 9.53 Å². The number of esters is 1. The Labute approximate surface area is 166 Å². The second-order valence-electron chi connectivity index (χ2n) is 6.71. The Morgan fingerprint density at radius 3 is 2.32 bits per heavy atom. The zero-order valence-electron chi connectivity index (χ0n) is 16.7. The number of carbonyl (C=O) groups is 1. The minimum absolute atomic E-state index is 0.296. The number of hydrogen-bond donors (Lipinski definition) is 0. The molecule has 0 aliphatic rings. The average Bonchev–Trinajstić information content (AvgIpc) is 2.99.